The maximum absolute atomic E-state index is 14.1. The first-order valence-corrected chi connectivity index (χ1v) is 15.1. The predicted molar refractivity (Wildman–Crippen MR) is 159 cm³/mol. The Balaban J connectivity index is 2.07. The number of ether oxygens (including phenoxy) is 1. The van der Waals surface area contributed by atoms with E-state index in [4.69, 9.17) is 4.74 Å². The van der Waals surface area contributed by atoms with Gasteiger partial charge in [-0.05, 0) is 36.1 Å². The van der Waals surface area contributed by atoms with Crippen LogP contribution in [0.15, 0.2) is 78.9 Å². The molecule has 0 fully saturated rings. The summed E-state index contributed by atoms with van der Waals surface area (Å²) in [7, 11) is -2.44. The maximum atomic E-state index is 14.1. The molecule has 0 spiro atoms. The van der Waals surface area contributed by atoms with Crippen LogP contribution in [0, 0.1) is 12.8 Å². The molecular formula is C31H39N3O5S. The molecule has 1 N–H and O–H groups in total. The molecule has 40 heavy (non-hydrogen) atoms. The highest BCUT2D eigenvalue weighted by molar-refractivity contribution is 7.92. The molecule has 214 valence electrons. The van der Waals surface area contributed by atoms with Crippen molar-refractivity contribution >= 4 is 27.5 Å². The van der Waals surface area contributed by atoms with Gasteiger partial charge in [-0.25, -0.2) is 8.42 Å². The van der Waals surface area contributed by atoms with Crippen LogP contribution in [-0.4, -0.2) is 57.6 Å². The van der Waals surface area contributed by atoms with Gasteiger partial charge in [-0.3, -0.25) is 13.9 Å². The number of nitrogens with zero attached hydrogens (tertiary/aromatic N) is 2. The Morgan fingerprint density at radius 1 is 0.925 bits per heavy atom. The number of sulfonamides is 1. The number of hydrogen-bond acceptors (Lipinski definition) is 5. The highest BCUT2D eigenvalue weighted by Gasteiger charge is 2.33. The van der Waals surface area contributed by atoms with Crippen molar-refractivity contribution < 1.29 is 22.7 Å². The lowest BCUT2D eigenvalue weighted by molar-refractivity contribution is -0.140. The number of aryl methyl sites for hydroxylation is 1. The number of carbonyl (C=O) groups excluding carboxylic acids is 2. The second kappa shape index (κ2) is 14.0. The van der Waals surface area contributed by atoms with E-state index in [1.807, 2.05) is 75.4 Å². The molecular weight excluding hydrogens is 526 g/mol. The minimum Gasteiger partial charge on any atom is -0.495 e. The lowest BCUT2D eigenvalue weighted by Gasteiger charge is -2.34. The van der Waals surface area contributed by atoms with Crippen LogP contribution in [0.4, 0.5) is 5.69 Å². The van der Waals surface area contributed by atoms with Gasteiger partial charge < -0.3 is 15.0 Å². The molecule has 3 rings (SSSR count). The van der Waals surface area contributed by atoms with Crippen molar-refractivity contribution in [1.29, 1.82) is 0 Å². The fourth-order valence-corrected chi connectivity index (χ4v) is 5.27. The van der Waals surface area contributed by atoms with Gasteiger partial charge in [-0.2, -0.15) is 0 Å². The van der Waals surface area contributed by atoms with Gasteiger partial charge in [0.2, 0.25) is 21.8 Å². The fraction of sp³-hybridized carbons (Fsp3) is 0.355. The molecule has 0 aliphatic carbocycles. The smallest absolute Gasteiger partial charge is 0.244 e. The van der Waals surface area contributed by atoms with Crippen molar-refractivity contribution in [2.45, 2.75) is 39.8 Å². The fourth-order valence-electron chi connectivity index (χ4n) is 4.41. The topological polar surface area (TPSA) is 96.0 Å². The summed E-state index contributed by atoms with van der Waals surface area (Å²) in [5.74, 6) is -0.254. The monoisotopic (exact) mass is 565 g/mol. The molecule has 3 aromatic carbocycles. The summed E-state index contributed by atoms with van der Waals surface area (Å²) >= 11 is 0. The summed E-state index contributed by atoms with van der Waals surface area (Å²) in [5.41, 5.74) is 2.99. The Hall–Kier alpha value is -3.85. The molecule has 1 atom stereocenters. The second-order valence-corrected chi connectivity index (χ2v) is 12.2. The van der Waals surface area contributed by atoms with Gasteiger partial charge in [0.05, 0.1) is 19.1 Å². The molecule has 0 unspecified atom stereocenters. The molecule has 0 saturated heterocycles. The van der Waals surface area contributed by atoms with Crippen LogP contribution in [0.2, 0.25) is 0 Å². The van der Waals surface area contributed by atoms with Crippen LogP contribution in [0.1, 0.15) is 30.5 Å². The molecule has 0 heterocycles. The Kier molecular flexibility index (Phi) is 10.7. The first kappa shape index (κ1) is 30.7. The highest BCUT2D eigenvalue weighted by Crippen LogP contribution is 2.30. The first-order valence-electron chi connectivity index (χ1n) is 13.3. The third kappa shape index (κ3) is 8.58. The average Bonchev–Trinajstić information content (AvgIpc) is 2.92. The summed E-state index contributed by atoms with van der Waals surface area (Å²) in [4.78, 5) is 29.3. The van der Waals surface area contributed by atoms with E-state index in [0.29, 0.717) is 12.3 Å². The number of rotatable bonds is 13. The lowest BCUT2D eigenvalue weighted by atomic mass is 10.0. The molecule has 0 aliphatic heterocycles. The molecule has 0 bridgehead atoms. The van der Waals surface area contributed by atoms with Gasteiger partial charge in [-0.15, -0.1) is 0 Å². The number of hydrogen-bond donors (Lipinski definition) is 1. The van der Waals surface area contributed by atoms with Crippen molar-refractivity contribution in [3.8, 4) is 5.75 Å². The lowest BCUT2D eigenvalue weighted by Crippen LogP contribution is -2.53. The van der Waals surface area contributed by atoms with Gasteiger partial charge >= 0.3 is 0 Å². The quantitative estimate of drug-likeness (QED) is 0.336. The minimum atomic E-state index is -3.88. The highest BCUT2D eigenvalue weighted by atomic mass is 32.2. The number of benzene rings is 3. The van der Waals surface area contributed by atoms with E-state index >= 15 is 0 Å². The van der Waals surface area contributed by atoms with Crippen LogP contribution in [0.25, 0.3) is 0 Å². The standard InChI is InChI=1S/C31H39N3O5S/c1-23(2)20-32-31(36)28(19-25-13-7-6-8-14-25)33(21-26-15-11-12-24(3)18-26)30(35)22-34(40(5,37)38)27-16-9-10-17-29(27)39-4/h6-18,23,28H,19-22H2,1-5H3,(H,32,36)/t28-/m1/s1. The molecule has 0 radical (unpaired) electrons. The molecule has 9 heteroatoms. The van der Waals surface area contributed by atoms with Crippen LogP contribution < -0.4 is 14.4 Å². The van der Waals surface area contributed by atoms with E-state index < -0.39 is 28.5 Å². The van der Waals surface area contributed by atoms with Crippen molar-refractivity contribution in [2.75, 3.05) is 30.8 Å². The number of methoxy groups -OCH3 is 1. The van der Waals surface area contributed by atoms with Gasteiger partial charge in [-0.1, -0.05) is 86.1 Å². The summed E-state index contributed by atoms with van der Waals surface area (Å²) < 4.78 is 32.3. The van der Waals surface area contributed by atoms with Crippen molar-refractivity contribution in [2.24, 2.45) is 5.92 Å². The Labute approximate surface area is 238 Å². The Morgan fingerprint density at radius 2 is 1.57 bits per heavy atom. The number of amides is 2. The van der Waals surface area contributed by atoms with Crippen LogP contribution >= 0.6 is 0 Å². The van der Waals surface area contributed by atoms with E-state index in [1.165, 1.54) is 12.0 Å². The van der Waals surface area contributed by atoms with Crippen molar-refractivity contribution in [3.63, 3.8) is 0 Å². The number of anilines is 1. The van der Waals surface area contributed by atoms with E-state index in [0.717, 1.165) is 27.3 Å². The molecule has 0 saturated carbocycles. The Bertz CT molecular complexity index is 1390. The number of para-hydroxylation sites is 2. The van der Waals surface area contributed by atoms with E-state index in [1.54, 1.807) is 24.3 Å². The van der Waals surface area contributed by atoms with Crippen LogP contribution in [-0.2, 0) is 32.6 Å². The summed E-state index contributed by atoms with van der Waals surface area (Å²) in [5, 5.41) is 2.98. The van der Waals surface area contributed by atoms with Crippen molar-refractivity contribution in [3.05, 3.63) is 95.6 Å². The second-order valence-electron chi connectivity index (χ2n) is 10.3. The minimum absolute atomic E-state index is 0.136. The number of carbonyl (C=O) groups is 2. The summed E-state index contributed by atoms with van der Waals surface area (Å²) in [6.07, 6.45) is 1.32. The third-order valence-corrected chi connectivity index (χ3v) is 7.55. The summed E-state index contributed by atoms with van der Waals surface area (Å²) in [6.45, 7) is 6.05. The maximum Gasteiger partial charge on any atom is 0.244 e. The van der Waals surface area contributed by atoms with Crippen LogP contribution in [0.5, 0.6) is 5.75 Å². The largest absolute Gasteiger partial charge is 0.495 e. The normalized spacial score (nSPS) is 12.1. The SMILES string of the molecule is COc1ccccc1N(CC(=O)N(Cc1cccc(C)c1)[C@H](Cc1ccccc1)C(=O)NCC(C)C)S(C)(=O)=O. The Morgan fingerprint density at radius 3 is 2.20 bits per heavy atom. The predicted octanol–water partition coefficient (Wildman–Crippen LogP) is 4.18. The first-order chi connectivity index (χ1) is 19.0. The summed E-state index contributed by atoms with van der Waals surface area (Å²) in [6, 6.07) is 23.0. The molecule has 8 nitrogen and oxygen atoms in total. The molecule has 0 aromatic heterocycles. The van der Waals surface area contributed by atoms with E-state index in [2.05, 4.69) is 5.32 Å². The molecule has 0 aliphatic rings. The van der Waals surface area contributed by atoms with E-state index in [9.17, 15) is 18.0 Å². The van der Waals surface area contributed by atoms with Crippen LogP contribution in [0.3, 0.4) is 0 Å². The third-order valence-electron chi connectivity index (χ3n) is 6.42. The molecule has 2 amide bonds. The average molecular weight is 566 g/mol. The van der Waals surface area contributed by atoms with Gasteiger partial charge in [0, 0.05) is 19.5 Å². The zero-order chi connectivity index (χ0) is 29.3. The number of nitrogens with one attached hydrogen (secondary N) is 1. The zero-order valence-corrected chi connectivity index (χ0v) is 24.6. The molecule has 3 aromatic rings. The van der Waals surface area contributed by atoms with E-state index in [-0.39, 0.29) is 30.5 Å². The van der Waals surface area contributed by atoms with Crippen molar-refractivity contribution in [1.82, 2.24) is 10.2 Å². The zero-order valence-electron chi connectivity index (χ0n) is 23.8. The van der Waals surface area contributed by atoms with Gasteiger partial charge in [0.25, 0.3) is 0 Å². The van der Waals surface area contributed by atoms with Gasteiger partial charge in [0.15, 0.2) is 0 Å². The van der Waals surface area contributed by atoms with Gasteiger partial charge in [0.1, 0.15) is 18.3 Å².